The molecular formula is C20H15BrO2. The second kappa shape index (κ2) is 6.80. The minimum atomic E-state index is -0.0381. The lowest BCUT2D eigenvalue weighted by Gasteiger charge is -1.99. The molecule has 2 nitrogen and oxygen atoms in total. The number of halogens is 1. The van der Waals surface area contributed by atoms with Gasteiger partial charge in [0.15, 0.2) is 5.78 Å². The summed E-state index contributed by atoms with van der Waals surface area (Å²) in [6.07, 6.45) is 3.23. The number of furan rings is 1. The largest absolute Gasteiger partial charge is 0.457 e. The van der Waals surface area contributed by atoms with Crippen LogP contribution in [0.1, 0.15) is 21.7 Å². The van der Waals surface area contributed by atoms with E-state index in [0.717, 1.165) is 21.4 Å². The molecule has 0 aliphatic rings. The Hall–Kier alpha value is -2.39. The van der Waals surface area contributed by atoms with E-state index in [1.165, 1.54) is 6.08 Å². The molecule has 1 heterocycles. The van der Waals surface area contributed by atoms with Crippen molar-refractivity contribution in [2.75, 3.05) is 0 Å². The highest BCUT2D eigenvalue weighted by molar-refractivity contribution is 9.10. The van der Waals surface area contributed by atoms with Crippen LogP contribution in [0.4, 0.5) is 0 Å². The van der Waals surface area contributed by atoms with Gasteiger partial charge in [0.05, 0.1) is 0 Å². The zero-order valence-electron chi connectivity index (χ0n) is 12.6. The third-order valence-corrected chi connectivity index (χ3v) is 4.19. The number of ketones is 1. The van der Waals surface area contributed by atoms with Crippen LogP contribution in [0, 0.1) is 6.92 Å². The van der Waals surface area contributed by atoms with Crippen LogP contribution in [0.5, 0.6) is 0 Å². The molecular weight excluding hydrogens is 352 g/mol. The molecule has 0 saturated heterocycles. The van der Waals surface area contributed by atoms with Gasteiger partial charge < -0.3 is 4.42 Å². The van der Waals surface area contributed by atoms with Gasteiger partial charge in [0, 0.05) is 15.6 Å². The summed E-state index contributed by atoms with van der Waals surface area (Å²) in [4.78, 5) is 12.1. The van der Waals surface area contributed by atoms with Crippen LogP contribution in [0.25, 0.3) is 17.4 Å². The van der Waals surface area contributed by atoms with Crippen molar-refractivity contribution >= 4 is 27.8 Å². The van der Waals surface area contributed by atoms with Gasteiger partial charge in [-0.2, -0.15) is 0 Å². The lowest BCUT2D eigenvalue weighted by atomic mass is 10.1. The molecule has 0 unspecified atom stereocenters. The average Bonchev–Trinajstić information content (AvgIpc) is 3.02. The highest BCUT2D eigenvalue weighted by atomic mass is 79.9. The fourth-order valence-electron chi connectivity index (χ4n) is 2.22. The fraction of sp³-hybridized carbons (Fsp3) is 0.0500. The van der Waals surface area contributed by atoms with Crippen LogP contribution in [-0.4, -0.2) is 5.78 Å². The Morgan fingerprint density at radius 3 is 2.48 bits per heavy atom. The van der Waals surface area contributed by atoms with E-state index < -0.39 is 0 Å². The second-order valence-electron chi connectivity index (χ2n) is 5.25. The van der Waals surface area contributed by atoms with E-state index in [0.29, 0.717) is 11.3 Å². The summed E-state index contributed by atoms with van der Waals surface area (Å²) in [7, 11) is 0. The Balaban J connectivity index is 1.77. The molecule has 0 atom stereocenters. The number of allylic oxidation sites excluding steroid dienone is 1. The van der Waals surface area contributed by atoms with Crippen molar-refractivity contribution in [3.63, 3.8) is 0 Å². The van der Waals surface area contributed by atoms with Crippen molar-refractivity contribution in [1.29, 1.82) is 0 Å². The first kappa shape index (κ1) is 15.5. The number of carbonyl (C=O) groups is 1. The molecule has 3 aromatic rings. The highest BCUT2D eigenvalue weighted by Gasteiger charge is 2.07. The predicted molar refractivity (Wildman–Crippen MR) is 96.4 cm³/mol. The van der Waals surface area contributed by atoms with Crippen molar-refractivity contribution < 1.29 is 9.21 Å². The van der Waals surface area contributed by atoms with Gasteiger partial charge in [-0.15, -0.1) is 0 Å². The Labute approximate surface area is 143 Å². The average molecular weight is 367 g/mol. The zero-order valence-corrected chi connectivity index (χ0v) is 14.2. The summed E-state index contributed by atoms with van der Waals surface area (Å²) in [5, 5.41) is 0. The molecule has 0 amide bonds. The molecule has 0 spiro atoms. The quantitative estimate of drug-likeness (QED) is 0.424. The van der Waals surface area contributed by atoms with Crippen LogP contribution in [0.3, 0.4) is 0 Å². The van der Waals surface area contributed by atoms with Gasteiger partial charge in [-0.3, -0.25) is 4.79 Å². The molecule has 2 aromatic carbocycles. The lowest BCUT2D eigenvalue weighted by molar-refractivity contribution is 0.104. The van der Waals surface area contributed by atoms with E-state index in [9.17, 15) is 4.79 Å². The minimum absolute atomic E-state index is 0.0381. The molecule has 0 bridgehead atoms. The molecule has 0 aliphatic carbocycles. The highest BCUT2D eigenvalue weighted by Crippen LogP contribution is 2.29. The van der Waals surface area contributed by atoms with Gasteiger partial charge in [-0.25, -0.2) is 0 Å². The van der Waals surface area contributed by atoms with Gasteiger partial charge in [0.1, 0.15) is 11.5 Å². The molecule has 0 N–H and O–H groups in total. The summed E-state index contributed by atoms with van der Waals surface area (Å²) in [6, 6.07) is 19.1. The molecule has 1 aromatic heterocycles. The van der Waals surface area contributed by atoms with Gasteiger partial charge in [-0.05, 0) is 37.3 Å². The van der Waals surface area contributed by atoms with E-state index in [-0.39, 0.29) is 5.78 Å². The molecule has 0 saturated carbocycles. The topological polar surface area (TPSA) is 30.2 Å². The molecule has 0 aliphatic heterocycles. The Kier molecular flexibility index (Phi) is 4.58. The van der Waals surface area contributed by atoms with Gasteiger partial charge >= 0.3 is 0 Å². The molecule has 114 valence electrons. The summed E-state index contributed by atoms with van der Waals surface area (Å²) in [5.41, 5.74) is 2.79. The Bertz CT molecular complexity index is 857. The molecule has 3 heteroatoms. The standard InChI is InChI=1S/C20H15BrO2/c1-14-6-8-15(9-7-14)19(22)12-10-16-11-13-20(23-16)17-4-2-3-5-18(17)21/h2-13H,1H3/b12-10+. The first-order valence-corrected chi connectivity index (χ1v) is 8.06. The monoisotopic (exact) mass is 366 g/mol. The second-order valence-corrected chi connectivity index (χ2v) is 6.10. The zero-order chi connectivity index (χ0) is 16.2. The van der Waals surface area contributed by atoms with E-state index in [1.54, 1.807) is 6.08 Å². The van der Waals surface area contributed by atoms with Crippen molar-refractivity contribution in [2.24, 2.45) is 0 Å². The van der Waals surface area contributed by atoms with Gasteiger partial charge in [-0.1, -0.05) is 64.0 Å². The fourth-order valence-corrected chi connectivity index (χ4v) is 2.70. The number of benzene rings is 2. The SMILES string of the molecule is Cc1ccc(C(=O)/C=C/c2ccc(-c3ccccc3Br)o2)cc1. The van der Waals surface area contributed by atoms with Crippen molar-refractivity contribution in [3.8, 4) is 11.3 Å². The van der Waals surface area contributed by atoms with Crippen molar-refractivity contribution in [3.05, 3.63) is 88.1 Å². The van der Waals surface area contributed by atoms with E-state index >= 15 is 0 Å². The summed E-state index contributed by atoms with van der Waals surface area (Å²) < 4.78 is 6.76. The van der Waals surface area contributed by atoms with Gasteiger partial charge in [0.25, 0.3) is 0 Å². The predicted octanol–water partition coefficient (Wildman–Crippen LogP) is 5.91. The first-order valence-electron chi connectivity index (χ1n) is 7.27. The van der Waals surface area contributed by atoms with Crippen LogP contribution in [-0.2, 0) is 0 Å². The molecule has 23 heavy (non-hydrogen) atoms. The van der Waals surface area contributed by atoms with Crippen molar-refractivity contribution in [2.45, 2.75) is 6.92 Å². The van der Waals surface area contributed by atoms with E-state index in [2.05, 4.69) is 15.9 Å². The number of hydrogen-bond acceptors (Lipinski definition) is 2. The Morgan fingerprint density at radius 2 is 1.74 bits per heavy atom. The van der Waals surface area contributed by atoms with E-state index in [1.807, 2.05) is 67.6 Å². The van der Waals surface area contributed by atoms with E-state index in [4.69, 9.17) is 4.42 Å². The smallest absolute Gasteiger partial charge is 0.185 e. The van der Waals surface area contributed by atoms with Crippen molar-refractivity contribution in [1.82, 2.24) is 0 Å². The third kappa shape index (κ3) is 3.69. The lowest BCUT2D eigenvalue weighted by Crippen LogP contribution is -1.93. The maximum atomic E-state index is 12.1. The molecule has 0 fully saturated rings. The summed E-state index contributed by atoms with van der Waals surface area (Å²) in [5.74, 6) is 1.37. The number of carbonyl (C=O) groups excluding carboxylic acids is 1. The molecule has 3 rings (SSSR count). The Morgan fingerprint density at radius 1 is 1.00 bits per heavy atom. The third-order valence-electron chi connectivity index (χ3n) is 3.50. The normalized spacial score (nSPS) is 11.0. The first-order chi connectivity index (χ1) is 11.1. The summed E-state index contributed by atoms with van der Waals surface area (Å²) >= 11 is 3.51. The van der Waals surface area contributed by atoms with Crippen LogP contribution < -0.4 is 0 Å². The number of hydrogen-bond donors (Lipinski definition) is 0. The maximum absolute atomic E-state index is 12.1. The van der Waals surface area contributed by atoms with Crippen LogP contribution in [0.15, 0.2) is 75.6 Å². The summed E-state index contributed by atoms with van der Waals surface area (Å²) in [6.45, 7) is 2.00. The number of rotatable bonds is 4. The van der Waals surface area contributed by atoms with Crippen LogP contribution in [0.2, 0.25) is 0 Å². The molecule has 0 radical (unpaired) electrons. The maximum Gasteiger partial charge on any atom is 0.185 e. The number of aryl methyl sites for hydroxylation is 1. The van der Waals surface area contributed by atoms with Gasteiger partial charge in [0.2, 0.25) is 0 Å². The van der Waals surface area contributed by atoms with Crippen LogP contribution >= 0.6 is 15.9 Å². The minimum Gasteiger partial charge on any atom is -0.457 e.